The molecular weight excluding hydrogens is 469 g/mol. The summed E-state index contributed by atoms with van der Waals surface area (Å²) in [7, 11) is 3.19. The molecule has 148 valence electrons. The molecule has 1 aromatic heterocycles. The smallest absolute Gasteiger partial charge is 0.319 e. The van der Waals surface area contributed by atoms with Gasteiger partial charge in [-0.2, -0.15) is 8.78 Å². The quantitative estimate of drug-likeness (QED) is 0.315. The molecule has 7 nitrogen and oxygen atoms in total. The number of hydrogen-bond donors (Lipinski definition) is 3. The number of hydrogen-bond acceptors (Lipinski definition) is 3. The molecular formula is C17H23F2IN6O. The minimum absolute atomic E-state index is 0. The molecule has 27 heavy (non-hydrogen) atoms. The maximum Gasteiger partial charge on any atom is 0.319 e. The summed E-state index contributed by atoms with van der Waals surface area (Å²) < 4.78 is 26.4. The van der Waals surface area contributed by atoms with Crippen molar-refractivity contribution in [2.24, 2.45) is 4.99 Å². The zero-order valence-electron chi connectivity index (χ0n) is 15.1. The Morgan fingerprint density at radius 2 is 2.11 bits per heavy atom. The summed E-state index contributed by atoms with van der Waals surface area (Å²) in [6.07, 6.45) is 3.24. The van der Waals surface area contributed by atoms with Gasteiger partial charge in [0, 0.05) is 38.6 Å². The van der Waals surface area contributed by atoms with Gasteiger partial charge in [0.1, 0.15) is 5.82 Å². The Kier molecular flexibility index (Phi) is 9.68. The van der Waals surface area contributed by atoms with Crippen LogP contribution >= 0.6 is 24.0 Å². The van der Waals surface area contributed by atoms with Gasteiger partial charge in [-0.3, -0.25) is 14.4 Å². The monoisotopic (exact) mass is 492 g/mol. The average Bonchev–Trinajstić information content (AvgIpc) is 3.13. The van der Waals surface area contributed by atoms with Gasteiger partial charge in [0.15, 0.2) is 5.96 Å². The zero-order chi connectivity index (χ0) is 18.9. The van der Waals surface area contributed by atoms with Crippen LogP contribution in [0.3, 0.4) is 0 Å². The van der Waals surface area contributed by atoms with Crippen molar-refractivity contribution in [3.05, 3.63) is 53.6 Å². The summed E-state index contributed by atoms with van der Waals surface area (Å²) in [5.74, 6) is 0.573. The number of carbonyl (C=O) groups is 1. The highest BCUT2D eigenvalue weighted by Gasteiger charge is 2.11. The van der Waals surface area contributed by atoms with Crippen molar-refractivity contribution < 1.29 is 13.6 Å². The van der Waals surface area contributed by atoms with Gasteiger partial charge in [-0.25, -0.2) is 4.98 Å². The van der Waals surface area contributed by atoms with Crippen LogP contribution in [0, 0.1) is 0 Å². The minimum Gasteiger partial charge on any atom is -0.356 e. The largest absolute Gasteiger partial charge is 0.356 e. The van der Waals surface area contributed by atoms with Crippen LogP contribution < -0.4 is 16.0 Å². The van der Waals surface area contributed by atoms with E-state index in [0.29, 0.717) is 24.5 Å². The Bertz CT molecular complexity index is 765. The van der Waals surface area contributed by atoms with Crippen LogP contribution in [0.15, 0.2) is 41.7 Å². The highest BCUT2D eigenvalue weighted by molar-refractivity contribution is 14.0. The maximum atomic E-state index is 12.8. The summed E-state index contributed by atoms with van der Waals surface area (Å²) in [5, 5.41) is 8.65. The Labute approximate surface area is 173 Å². The lowest BCUT2D eigenvalue weighted by Gasteiger charge is -2.13. The third kappa shape index (κ3) is 6.77. The highest BCUT2D eigenvalue weighted by atomic mass is 127. The number of nitrogens with one attached hydrogen (secondary N) is 3. The second-order valence-electron chi connectivity index (χ2n) is 5.41. The number of aromatic nitrogens is 2. The molecule has 0 aliphatic carbocycles. The third-order valence-corrected chi connectivity index (χ3v) is 3.72. The van der Waals surface area contributed by atoms with Crippen molar-refractivity contribution in [2.75, 3.05) is 20.6 Å². The number of carbonyl (C=O) groups excluding carboxylic acids is 1. The molecule has 0 fully saturated rings. The minimum atomic E-state index is -2.63. The fourth-order valence-electron chi connectivity index (χ4n) is 2.38. The van der Waals surface area contributed by atoms with Crippen LogP contribution in [0.2, 0.25) is 0 Å². The van der Waals surface area contributed by atoms with Gasteiger partial charge in [-0.1, -0.05) is 12.1 Å². The summed E-state index contributed by atoms with van der Waals surface area (Å²) >= 11 is 0. The molecule has 10 heteroatoms. The van der Waals surface area contributed by atoms with Gasteiger partial charge in [0.25, 0.3) is 5.91 Å². The van der Waals surface area contributed by atoms with E-state index in [-0.39, 0.29) is 42.3 Å². The first-order valence-corrected chi connectivity index (χ1v) is 8.10. The number of halogens is 3. The molecule has 2 rings (SSSR count). The van der Waals surface area contributed by atoms with Crippen LogP contribution in [0.25, 0.3) is 0 Å². The normalized spacial score (nSPS) is 11.1. The second-order valence-corrected chi connectivity index (χ2v) is 5.41. The predicted molar refractivity (Wildman–Crippen MR) is 111 cm³/mol. The van der Waals surface area contributed by atoms with E-state index in [0.717, 1.165) is 10.1 Å². The van der Waals surface area contributed by atoms with Crippen molar-refractivity contribution in [1.82, 2.24) is 25.5 Å². The Hall–Kier alpha value is -2.24. The molecule has 0 aliphatic heterocycles. The summed E-state index contributed by atoms with van der Waals surface area (Å²) in [6, 6.07) is 7.35. The lowest BCUT2D eigenvalue weighted by atomic mass is 10.1. The van der Waals surface area contributed by atoms with Gasteiger partial charge < -0.3 is 16.0 Å². The van der Waals surface area contributed by atoms with Gasteiger partial charge in [-0.05, 0) is 24.1 Å². The predicted octanol–water partition coefficient (Wildman–Crippen LogP) is 2.16. The topological polar surface area (TPSA) is 83.3 Å². The van der Waals surface area contributed by atoms with Crippen molar-refractivity contribution in [2.45, 2.75) is 19.5 Å². The van der Waals surface area contributed by atoms with Crippen molar-refractivity contribution in [3.63, 3.8) is 0 Å². The first kappa shape index (κ1) is 22.8. The highest BCUT2D eigenvalue weighted by Crippen LogP contribution is 2.11. The number of alkyl halides is 2. The molecule has 1 heterocycles. The lowest BCUT2D eigenvalue weighted by molar-refractivity contribution is 0.0668. The molecule has 0 aliphatic rings. The van der Waals surface area contributed by atoms with E-state index in [9.17, 15) is 13.6 Å². The van der Waals surface area contributed by atoms with Crippen molar-refractivity contribution in [1.29, 1.82) is 0 Å². The van der Waals surface area contributed by atoms with Crippen LogP contribution in [-0.4, -0.2) is 42.1 Å². The van der Waals surface area contributed by atoms with E-state index in [4.69, 9.17) is 0 Å². The molecule has 0 bridgehead atoms. The number of rotatable bonds is 7. The van der Waals surface area contributed by atoms with E-state index >= 15 is 0 Å². The first-order chi connectivity index (χ1) is 12.5. The number of nitrogens with zero attached hydrogens (tertiary/aromatic N) is 3. The molecule has 0 unspecified atom stereocenters. The summed E-state index contributed by atoms with van der Waals surface area (Å²) in [6.45, 7) is -1.93. The number of amides is 1. The van der Waals surface area contributed by atoms with Gasteiger partial charge in [0.05, 0.1) is 6.54 Å². The fraction of sp³-hybridized carbons (Fsp3) is 0.353. The van der Waals surface area contributed by atoms with Gasteiger partial charge >= 0.3 is 6.55 Å². The molecule has 0 radical (unpaired) electrons. The number of imidazole rings is 1. The third-order valence-electron chi connectivity index (χ3n) is 3.72. The van der Waals surface area contributed by atoms with Crippen LogP contribution in [0.4, 0.5) is 8.78 Å². The van der Waals surface area contributed by atoms with E-state index in [2.05, 4.69) is 25.9 Å². The van der Waals surface area contributed by atoms with Crippen molar-refractivity contribution >= 4 is 35.8 Å². The van der Waals surface area contributed by atoms with Crippen LogP contribution in [0.5, 0.6) is 0 Å². The van der Waals surface area contributed by atoms with Crippen LogP contribution in [0.1, 0.15) is 28.3 Å². The first-order valence-electron chi connectivity index (χ1n) is 8.10. The summed E-state index contributed by atoms with van der Waals surface area (Å²) in [5.41, 5.74) is 1.61. The summed E-state index contributed by atoms with van der Waals surface area (Å²) in [4.78, 5) is 19.6. The Morgan fingerprint density at radius 1 is 1.33 bits per heavy atom. The van der Waals surface area contributed by atoms with Crippen LogP contribution in [-0.2, 0) is 13.0 Å². The number of benzene rings is 1. The number of aliphatic imine (C=N–C) groups is 1. The Balaban J connectivity index is 0.00000364. The van der Waals surface area contributed by atoms with Gasteiger partial charge in [0.2, 0.25) is 0 Å². The lowest BCUT2D eigenvalue weighted by Crippen LogP contribution is -2.38. The van der Waals surface area contributed by atoms with E-state index in [1.165, 1.54) is 12.4 Å². The second kappa shape index (κ2) is 11.5. The standard InChI is InChI=1S/C17H22F2N6O.HI/c1-20-15(26)13-5-3-4-12(10-13)6-7-23-17(21-2)24-11-14-22-8-9-25(14)16(18)19;/h3-5,8-10,16H,6-7,11H2,1-2H3,(H,20,26)(H2,21,23,24);1H. The fourth-order valence-corrected chi connectivity index (χ4v) is 2.38. The maximum absolute atomic E-state index is 12.8. The van der Waals surface area contributed by atoms with Crippen molar-refractivity contribution in [3.8, 4) is 0 Å². The van der Waals surface area contributed by atoms with Gasteiger partial charge in [-0.15, -0.1) is 24.0 Å². The molecule has 1 amide bonds. The molecule has 0 spiro atoms. The zero-order valence-corrected chi connectivity index (χ0v) is 17.4. The Morgan fingerprint density at radius 3 is 2.78 bits per heavy atom. The molecule has 0 saturated heterocycles. The van der Waals surface area contributed by atoms with E-state index in [1.807, 2.05) is 18.2 Å². The molecule has 0 atom stereocenters. The molecule has 1 aromatic carbocycles. The average molecular weight is 492 g/mol. The molecule has 2 aromatic rings. The van der Waals surface area contributed by atoms with E-state index in [1.54, 1.807) is 20.2 Å². The number of guanidine groups is 1. The molecule has 0 saturated carbocycles. The SMILES string of the molecule is CN=C(NCCc1cccc(C(=O)NC)c1)NCc1nccn1C(F)F.I. The van der Waals surface area contributed by atoms with E-state index < -0.39 is 6.55 Å². The molecule has 3 N–H and O–H groups in total.